The summed E-state index contributed by atoms with van der Waals surface area (Å²) in [5.74, 6) is 1.09. The van der Waals surface area contributed by atoms with Crippen molar-refractivity contribution >= 4 is 49.9 Å². The normalized spacial score (nSPS) is 10.5. The maximum Gasteiger partial charge on any atom is 0.208 e. The average molecular weight is 388 g/mol. The van der Waals surface area contributed by atoms with Crippen molar-refractivity contribution in [1.82, 2.24) is 10.2 Å². The van der Waals surface area contributed by atoms with E-state index in [4.69, 9.17) is 4.74 Å². The number of aromatic nitrogens is 2. The highest BCUT2D eigenvalue weighted by Gasteiger charge is 2.12. The van der Waals surface area contributed by atoms with Crippen LogP contribution < -0.4 is 9.64 Å². The van der Waals surface area contributed by atoms with Crippen molar-refractivity contribution in [2.45, 2.75) is 4.34 Å². The average Bonchev–Trinajstić information content (AvgIpc) is 2.93. The van der Waals surface area contributed by atoms with Gasteiger partial charge in [0.05, 0.1) is 17.3 Å². The molecule has 0 saturated heterocycles. The number of thioether (sulfide) groups is 1. The third-order valence-corrected chi connectivity index (χ3v) is 5.42. The van der Waals surface area contributed by atoms with Crippen LogP contribution in [0.4, 0.5) is 5.13 Å². The van der Waals surface area contributed by atoms with Gasteiger partial charge < -0.3 is 9.64 Å². The molecule has 2 rings (SSSR count). The fourth-order valence-corrected chi connectivity index (χ4v) is 3.69. The summed E-state index contributed by atoms with van der Waals surface area (Å²) in [7, 11) is 5.42. The molecule has 8 heteroatoms. The first-order chi connectivity index (χ1) is 10.0. The molecule has 5 nitrogen and oxygen atoms in total. The minimum absolute atomic E-state index is 0.0463. The van der Waals surface area contributed by atoms with Crippen molar-refractivity contribution in [2.24, 2.45) is 0 Å². The molecule has 0 saturated carbocycles. The van der Waals surface area contributed by atoms with Crippen LogP contribution in [-0.2, 0) is 0 Å². The molecule has 0 spiro atoms. The monoisotopic (exact) mass is 387 g/mol. The smallest absolute Gasteiger partial charge is 0.208 e. The second kappa shape index (κ2) is 7.24. The van der Waals surface area contributed by atoms with Gasteiger partial charge in [0.2, 0.25) is 5.13 Å². The van der Waals surface area contributed by atoms with Crippen molar-refractivity contribution in [3.8, 4) is 5.75 Å². The molecule has 2 aromatic rings. The van der Waals surface area contributed by atoms with Gasteiger partial charge in [-0.1, -0.05) is 23.1 Å². The van der Waals surface area contributed by atoms with Crippen LogP contribution in [0.25, 0.3) is 0 Å². The molecular formula is C13H14BrN3O2S2. The highest BCUT2D eigenvalue weighted by Crippen LogP contribution is 2.29. The Kier molecular flexibility index (Phi) is 5.60. The number of ketones is 1. The summed E-state index contributed by atoms with van der Waals surface area (Å²) in [4.78, 5) is 14.1. The van der Waals surface area contributed by atoms with E-state index >= 15 is 0 Å². The van der Waals surface area contributed by atoms with E-state index < -0.39 is 0 Å². The lowest BCUT2D eigenvalue weighted by Gasteiger charge is -2.05. The van der Waals surface area contributed by atoms with E-state index in [1.54, 1.807) is 25.3 Å². The standard InChI is InChI=1S/C13H14BrN3O2S2/c1-17(2)12-15-16-13(21-12)20-7-10(18)8-4-5-11(19-3)9(14)6-8/h4-6H,7H2,1-3H3. The number of ether oxygens (including phenoxy) is 1. The molecule has 0 amide bonds. The second-order valence-corrected chi connectivity index (χ2v) is 7.34. The van der Waals surface area contributed by atoms with E-state index in [9.17, 15) is 4.79 Å². The molecular weight excluding hydrogens is 374 g/mol. The molecule has 0 radical (unpaired) electrons. The van der Waals surface area contributed by atoms with Crippen LogP contribution in [0.5, 0.6) is 5.75 Å². The zero-order chi connectivity index (χ0) is 15.4. The number of carbonyl (C=O) groups is 1. The Morgan fingerprint density at radius 3 is 2.76 bits per heavy atom. The number of anilines is 1. The van der Waals surface area contributed by atoms with Crippen LogP contribution in [0.2, 0.25) is 0 Å². The van der Waals surface area contributed by atoms with E-state index in [1.165, 1.54) is 23.1 Å². The summed E-state index contributed by atoms with van der Waals surface area (Å²) in [5.41, 5.74) is 0.646. The van der Waals surface area contributed by atoms with E-state index in [0.29, 0.717) is 17.1 Å². The molecule has 0 aliphatic rings. The summed E-state index contributed by atoms with van der Waals surface area (Å²) >= 11 is 6.25. The van der Waals surface area contributed by atoms with Crippen LogP contribution in [0.1, 0.15) is 10.4 Å². The molecule has 0 N–H and O–H groups in total. The zero-order valence-corrected chi connectivity index (χ0v) is 15.0. The molecule has 1 aromatic heterocycles. The number of hydrogen-bond acceptors (Lipinski definition) is 7. The lowest BCUT2D eigenvalue weighted by molar-refractivity contribution is 0.102. The summed E-state index contributed by atoms with van der Waals surface area (Å²) < 4.78 is 6.71. The predicted molar refractivity (Wildman–Crippen MR) is 90.0 cm³/mol. The van der Waals surface area contributed by atoms with Gasteiger partial charge in [-0.3, -0.25) is 4.79 Å². The molecule has 0 bridgehead atoms. The van der Waals surface area contributed by atoms with Gasteiger partial charge in [-0.25, -0.2) is 0 Å². The first-order valence-electron chi connectivity index (χ1n) is 6.01. The Morgan fingerprint density at radius 2 is 2.19 bits per heavy atom. The topological polar surface area (TPSA) is 55.3 Å². The number of rotatable bonds is 6. The third-order valence-electron chi connectivity index (χ3n) is 2.58. The van der Waals surface area contributed by atoms with Crippen LogP contribution in [-0.4, -0.2) is 42.9 Å². The molecule has 112 valence electrons. The number of benzene rings is 1. The zero-order valence-electron chi connectivity index (χ0n) is 11.8. The molecule has 0 fully saturated rings. The van der Waals surface area contributed by atoms with Crippen molar-refractivity contribution in [3.05, 3.63) is 28.2 Å². The van der Waals surface area contributed by atoms with Gasteiger partial charge in [0.1, 0.15) is 5.75 Å². The van der Waals surface area contributed by atoms with Gasteiger partial charge in [-0.2, -0.15) is 0 Å². The summed E-state index contributed by atoms with van der Waals surface area (Å²) in [6.45, 7) is 0. The van der Waals surface area contributed by atoms with Gasteiger partial charge in [0.25, 0.3) is 0 Å². The number of carbonyl (C=O) groups excluding carboxylic acids is 1. The van der Waals surface area contributed by atoms with E-state index in [2.05, 4.69) is 26.1 Å². The number of Topliss-reactive ketones (excluding diaryl/α,β-unsaturated/α-hetero) is 1. The maximum absolute atomic E-state index is 12.2. The molecule has 0 unspecified atom stereocenters. The van der Waals surface area contributed by atoms with E-state index in [-0.39, 0.29) is 5.78 Å². The maximum atomic E-state index is 12.2. The predicted octanol–water partition coefficient (Wildman–Crippen LogP) is 3.35. The summed E-state index contributed by atoms with van der Waals surface area (Å²) in [6, 6.07) is 5.31. The molecule has 21 heavy (non-hydrogen) atoms. The minimum Gasteiger partial charge on any atom is -0.496 e. The Bertz CT molecular complexity index is 646. The van der Waals surface area contributed by atoms with Crippen molar-refractivity contribution in [3.63, 3.8) is 0 Å². The third kappa shape index (κ3) is 4.18. The van der Waals surface area contributed by atoms with Crippen LogP contribution >= 0.6 is 39.0 Å². The van der Waals surface area contributed by atoms with Gasteiger partial charge >= 0.3 is 0 Å². The largest absolute Gasteiger partial charge is 0.496 e. The number of hydrogen-bond donors (Lipinski definition) is 0. The molecule has 1 heterocycles. The van der Waals surface area contributed by atoms with Gasteiger partial charge in [-0.15, -0.1) is 10.2 Å². The van der Waals surface area contributed by atoms with E-state index in [0.717, 1.165) is 13.9 Å². The molecule has 0 aliphatic carbocycles. The lowest BCUT2D eigenvalue weighted by atomic mass is 10.1. The summed E-state index contributed by atoms with van der Waals surface area (Å²) in [6.07, 6.45) is 0. The number of methoxy groups -OCH3 is 1. The highest BCUT2D eigenvalue weighted by molar-refractivity contribution is 9.10. The van der Waals surface area contributed by atoms with E-state index in [1.807, 2.05) is 19.0 Å². The Morgan fingerprint density at radius 1 is 1.43 bits per heavy atom. The molecule has 1 aromatic carbocycles. The Hall–Kier alpha value is -1.12. The Labute approximate surface area is 139 Å². The van der Waals surface area contributed by atoms with Crippen molar-refractivity contribution in [2.75, 3.05) is 31.9 Å². The van der Waals surface area contributed by atoms with Gasteiger partial charge in [0, 0.05) is 19.7 Å². The van der Waals surface area contributed by atoms with Gasteiger partial charge in [0.15, 0.2) is 10.1 Å². The molecule has 0 atom stereocenters. The van der Waals surface area contributed by atoms with Crippen LogP contribution in [0, 0.1) is 0 Å². The van der Waals surface area contributed by atoms with Gasteiger partial charge in [-0.05, 0) is 34.1 Å². The first kappa shape index (κ1) is 16.3. The lowest BCUT2D eigenvalue weighted by Crippen LogP contribution is -2.07. The Balaban J connectivity index is 1.99. The second-order valence-electron chi connectivity index (χ2n) is 4.31. The fourth-order valence-electron chi connectivity index (χ4n) is 1.49. The van der Waals surface area contributed by atoms with Crippen LogP contribution in [0.15, 0.2) is 27.0 Å². The minimum atomic E-state index is 0.0463. The number of nitrogens with zero attached hydrogens (tertiary/aromatic N) is 3. The van der Waals surface area contributed by atoms with Crippen molar-refractivity contribution < 1.29 is 9.53 Å². The summed E-state index contributed by atoms with van der Waals surface area (Å²) in [5, 5.41) is 8.93. The van der Waals surface area contributed by atoms with Crippen molar-refractivity contribution in [1.29, 1.82) is 0 Å². The quantitative estimate of drug-likeness (QED) is 0.559. The number of halogens is 1. The highest BCUT2D eigenvalue weighted by atomic mass is 79.9. The molecule has 0 aliphatic heterocycles. The SMILES string of the molecule is COc1ccc(C(=O)CSc2nnc(N(C)C)s2)cc1Br. The fraction of sp³-hybridized carbons (Fsp3) is 0.308. The first-order valence-corrected chi connectivity index (χ1v) is 8.61. The van der Waals surface area contributed by atoms with Crippen LogP contribution in [0.3, 0.4) is 0 Å².